The number of rotatable bonds is 5. The molecule has 1 saturated heterocycles. The second kappa shape index (κ2) is 8.19. The van der Waals surface area contributed by atoms with Crippen molar-refractivity contribution in [2.45, 2.75) is 39.2 Å². The first-order valence-corrected chi connectivity index (χ1v) is 9.29. The van der Waals surface area contributed by atoms with Crippen LogP contribution in [0.4, 0.5) is 0 Å². The van der Waals surface area contributed by atoms with E-state index in [0.717, 1.165) is 45.0 Å². The summed E-state index contributed by atoms with van der Waals surface area (Å²) in [6, 6.07) is 8.60. The monoisotopic (exact) mass is 339 g/mol. The van der Waals surface area contributed by atoms with Gasteiger partial charge in [-0.25, -0.2) is 4.99 Å². The molecule has 1 aromatic carbocycles. The molecule has 1 N–H and O–H groups in total. The Balaban J connectivity index is 1.70. The van der Waals surface area contributed by atoms with E-state index in [2.05, 4.69) is 59.6 Å². The number of hydrogen-bond donors (Lipinski definition) is 1. The summed E-state index contributed by atoms with van der Waals surface area (Å²) >= 11 is 0. The fourth-order valence-corrected chi connectivity index (χ4v) is 3.52. The van der Waals surface area contributed by atoms with Crippen LogP contribution in [0.3, 0.4) is 0 Å². The minimum absolute atomic E-state index is 0.542. The van der Waals surface area contributed by atoms with Gasteiger partial charge in [-0.05, 0) is 36.5 Å². The molecule has 1 aliphatic heterocycles. The Kier molecular flexibility index (Phi) is 5.74. The van der Waals surface area contributed by atoms with Gasteiger partial charge >= 0.3 is 0 Å². The molecule has 1 unspecified atom stereocenters. The Bertz CT molecular complexity index is 718. The number of likely N-dealkylation sites (tertiary alicyclic amines) is 1. The molecular formula is C20H29N5. The summed E-state index contributed by atoms with van der Waals surface area (Å²) in [5.41, 5.74) is 4.04. The summed E-state index contributed by atoms with van der Waals surface area (Å²) in [6.45, 7) is 8.01. The van der Waals surface area contributed by atoms with Crippen LogP contribution in [-0.2, 0) is 20.0 Å². The zero-order valence-corrected chi connectivity index (χ0v) is 15.6. The van der Waals surface area contributed by atoms with Crippen LogP contribution in [0.2, 0.25) is 0 Å². The molecule has 2 aromatic rings. The van der Waals surface area contributed by atoms with Crippen molar-refractivity contribution in [1.29, 1.82) is 0 Å². The number of aromatic nitrogens is 2. The van der Waals surface area contributed by atoms with Crippen LogP contribution < -0.4 is 5.32 Å². The lowest BCUT2D eigenvalue weighted by Crippen LogP contribution is -2.40. The molecule has 0 saturated carbocycles. The molecule has 1 fully saturated rings. The van der Waals surface area contributed by atoms with Gasteiger partial charge in [-0.3, -0.25) is 4.68 Å². The second-order valence-corrected chi connectivity index (χ2v) is 6.67. The minimum Gasteiger partial charge on any atom is -0.357 e. The van der Waals surface area contributed by atoms with Crippen molar-refractivity contribution >= 4 is 5.96 Å². The highest BCUT2D eigenvalue weighted by atomic mass is 15.3. The van der Waals surface area contributed by atoms with Gasteiger partial charge in [0, 0.05) is 38.8 Å². The van der Waals surface area contributed by atoms with Crippen molar-refractivity contribution in [2.24, 2.45) is 12.0 Å². The Morgan fingerprint density at radius 3 is 2.76 bits per heavy atom. The quantitative estimate of drug-likeness (QED) is 0.673. The predicted octanol–water partition coefficient (Wildman–Crippen LogP) is 2.94. The van der Waals surface area contributed by atoms with Crippen molar-refractivity contribution in [3.05, 3.63) is 53.3 Å². The summed E-state index contributed by atoms with van der Waals surface area (Å²) in [5, 5.41) is 7.78. The van der Waals surface area contributed by atoms with Gasteiger partial charge in [0.25, 0.3) is 0 Å². The topological polar surface area (TPSA) is 45.5 Å². The lowest BCUT2D eigenvalue weighted by atomic mass is 10.0. The van der Waals surface area contributed by atoms with Gasteiger partial charge in [0.1, 0.15) is 0 Å². The van der Waals surface area contributed by atoms with Crippen LogP contribution in [0.5, 0.6) is 0 Å². The summed E-state index contributed by atoms with van der Waals surface area (Å²) in [7, 11) is 1.98. The highest BCUT2D eigenvalue weighted by molar-refractivity contribution is 5.80. The summed E-state index contributed by atoms with van der Waals surface area (Å²) in [6.07, 6.45) is 6.34. The van der Waals surface area contributed by atoms with E-state index in [9.17, 15) is 0 Å². The SMILES string of the molecule is CCNC(=NCc1ccccc1CC)N1CCC(c2cnn(C)c2)C1. The third-order valence-electron chi connectivity index (χ3n) is 4.92. The molecule has 5 heteroatoms. The number of hydrogen-bond acceptors (Lipinski definition) is 2. The van der Waals surface area contributed by atoms with E-state index in [4.69, 9.17) is 4.99 Å². The number of nitrogens with zero attached hydrogens (tertiary/aromatic N) is 4. The number of benzene rings is 1. The number of nitrogens with one attached hydrogen (secondary N) is 1. The Hall–Kier alpha value is -2.30. The molecule has 0 amide bonds. The lowest BCUT2D eigenvalue weighted by Gasteiger charge is -2.21. The third-order valence-corrected chi connectivity index (χ3v) is 4.92. The van der Waals surface area contributed by atoms with Gasteiger partial charge in [0.15, 0.2) is 5.96 Å². The Morgan fingerprint density at radius 1 is 1.28 bits per heavy atom. The van der Waals surface area contributed by atoms with Crippen molar-refractivity contribution < 1.29 is 0 Å². The van der Waals surface area contributed by atoms with Crippen molar-refractivity contribution in [3.8, 4) is 0 Å². The van der Waals surface area contributed by atoms with E-state index in [1.54, 1.807) is 0 Å². The molecule has 3 rings (SSSR count). The van der Waals surface area contributed by atoms with E-state index >= 15 is 0 Å². The van der Waals surface area contributed by atoms with Crippen molar-refractivity contribution in [3.63, 3.8) is 0 Å². The van der Waals surface area contributed by atoms with Crippen molar-refractivity contribution in [1.82, 2.24) is 20.0 Å². The maximum absolute atomic E-state index is 4.92. The van der Waals surface area contributed by atoms with E-state index in [0.29, 0.717) is 5.92 Å². The zero-order chi connectivity index (χ0) is 17.6. The summed E-state index contributed by atoms with van der Waals surface area (Å²) < 4.78 is 1.89. The fourth-order valence-electron chi connectivity index (χ4n) is 3.52. The molecule has 0 aliphatic carbocycles. The van der Waals surface area contributed by atoms with Gasteiger partial charge in [-0.15, -0.1) is 0 Å². The molecule has 0 radical (unpaired) electrons. The molecule has 0 spiro atoms. The van der Waals surface area contributed by atoms with Crippen molar-refractivity contribution in [2.75, 3.05) is 19.6 Å². The second-order valence-electron chi connectivity index (χ2n) is 6.67. The molecule has 134 valence electrons. The van der Waals surface area contributed by atoms with E-state index in [-0.39, 0.29) is 0 Å². The Labute approximate surface area is 150 Å². The molecule has 25 heavy (non-hydrogen) atoms. The maximum Gasteiger partial charge on any atom is 0.194 e. The fraction of sp³-hybridized carbons (Fsp3) is 0.500. The first-order chi connectivity index (χ1) is 12.2. The normalized spacial score (nSPS) is 18.0. The summed E-state index contributed by atoms with van der Waals surface area (Å²) in [4.78, 5) is 7.30. The van der Waals surface area contributed by atoms with Gasteiger partial charge in [-0.2, -0.15) is 5.10 Å². The molecule has 1 atom stereocenters. The van der Waals surface area contributed by atoms with Gasteiger partial charge < -0.3 is 10.2 Å². The lowest BCUT2D eigenvalue weighted by molar-refractivity contribution is 0.486. The minimum atomic E-state index is 0.542. The zero-order valence-electron chi connectivity index (χ0n) is 15.6. The first kappa shape index (κ1) is 17.5. The average molecular weight is 339 g/mol. The summed E-state index contributed by atoms with van der Waals surface area (Å²) in [5.74, 6) is 1.57. The van der Waals surface area contributed by atoms with E-state index < -0.39 is 0 Å². The molecule has 0 bridgehead atoms. The largest absolute Gasteiger partial charge is 0.357 e. The highest BCUT2D eigenvalue weighted by Crippen LogP contribution is 2.26. The average Bonchev–Trinajstić information content (AvgIpc) is 3.28. The van der Waals surface area contributed by atoms with Gasteiger partial charge in [0.2, 0.25) is 0 Å². The standard InChI is InChI=1S/C20H29N5/c1-4-16-8-6-7-9-17(16)12-22-20(21-5-2)25-11-10-18(15-25)19-13-23-24(3)14-19/h6-9,13-14,18H,4-5,10-12,15H2,1-3H3,(H,21,22). The predicted molar refractivity (Wildman–Crippen MR) is 103 cm³/mol. The number of aryl methyl sites for hydroxylation is 2. The van der Waals surface area contributed by atoms with Crippen LogP contribution in [0.1, 0.15) is 42.9 Å². The van der Waals surface area contributed by atoms with Crippen LogP contribution in [0.25, 0.3) is 0 Å². The first-order valence-electron chi connectivity index (χ1n) is 9.29. The molecule has 5 nitrogen and oxygen atoms in total. The highest BCUT2D eigenvalue weighted by Gasteiger charge is 2.26. The van der Waals surface area contributed by atoms with E-state index in [1.165, 1.54) is 16.7 Å². The third kappa shape index (κ3) is 4.21. The molecule has 2 heterocycles. The van der Waals surface area contributed by atoms with Crippen LogP contribution in [0.15, 0.2) is 41.7 Å². The van der Waals surface area contributed by atoms with Crippen LogP contribution >= 0.6 is 0 Å². The Morgan fingerprint density at radius 2 is 2.08 bits per heavy atom. The number of guanidine groups is 1. The van der Waals surface area contributed by atoms with Crippen LogP contribution in [-0.4, -0.2) is 40.3 Å². The van der Waals surface area contributed by atoms with Gasteiger partial charge in [0.05, 0.1) is 12.7 Å². The molecule has 1 aromatic heterocycles. The molecular weight excluding hydrogens is 310 g/mol. The number of aliphatic imine (C=N–C) groups is 1. The maximum atomic E-state index is 4.92. The smallest absolute Gasteiger partial charge is 0.194 e. The van der Waals surface area contributed by atoms with E-state index in [1.807, 2.05) is 17.9 Å². The van der Waals surface area contributed by atoms with Gasteiger partial charge in [-0.1, -0.05) is 31.2 Å². The van der Waals surface area contributed by atoms with Crippen LogP contribution in [0, 0.1) is 0 Å². The molecule has 1 aliphatic rings.